The summed E-state index contributed by atoms with van der Waals surface area (Å²) in [6.07, 6.45) is 1.96. The van der Waals surface area contributed by atoms with Gasteiger partial charge in [0.05, 0.1) is 0 Å². The molecule has 27 heteroatoms. The van der Waals surface area contributed by atoms with Crippen LogP contribution in [-0.4, -0.2) is 144 Å². The lowest BCUT2D eigenvalue weighted by Gasteiger charge is -2.28. The first-order valence-corrected chi connectivity index (χ1v) is 26.4. The Hall–Kier alpha value is -8.78. The lowest BCUT2D eigenvalue weighted by atomic mass is 10.0. The minimum absolute atomic E-state index is 0.00177. The van der Waals surface area contributed by atoms with Gasteiger partial charge in [0.1, 0.15) is 42.3 Å². The van der Waals surface area contributed by atoms with E-state index in [2.05, 4.69) is 62.8 Å². The summed E-state index contributed by atoms with van der Waals surface area (Å²) in [7, 11) is 0. The third-order valence-corrected chi connectivity index (χ3v) is 13.0. The molecule has 3 aromatic rings. The summed E-state index contributed by atoms with van der Waals surface area (Å²) in [5, 5.41) is 25.2. The molecule has 1 saturated carbocycles. The molecule has 2 heterocycles. The maximum absolute atomic E-state index is 14.7. The molecule has 27 nitrogen and oxygen atoms in total. The maximum Gasteiger partial charge on any atom is 0.243 e. The van der Waals surface area contributed by atoms with E-state index in [-0.39, 0.29) is 108 Å². The van der Waals surface area contributed by atoms with Crippen molar-refractivity contribution in [2.24, 2.45) is 38.7 Å². The van der Waals surface area contributed by atoms with Crippen LogP contribution in [0.3, 0.4) is 0 Å². The van der Waals surface area contributed by atoms with Gasteiger partial charge in [-0.2, -0.15) is 0 Å². The molecule has 10 amide bonds. The summed E-state index contributed by atoms with van der Waals surface area (Å²) in [6, 6.07) is 6.14. The zero-order valence-electron chi connectivity index (χ0n) is 44.3. The molecule has 1 aliphatic carbocycles. The van der Waals surface area contributed by atoms with E-state index in [4.69, 9.17) is 28.7 Å². The fourth-order valence-corrected chi connectivity index (χ4v) is 8.73. The van der Waals surface area contributed by atoms with Gasteiger partial charge in [0.2, 0.25) is 59.1 Å². The van der Waals surface area contributed by atoms with Gasteiger partial charge in [-0.1, -0.05) is 48.5 Å². The molecule has 7 atom stereocenters. The SMILES string of the molecule is CC(=O)N[C@@H](CCCN=C(N)N)C(=O)NC1CCC(=O)NCCCC(C(=O)NC2CC2)NC(=O)[C@H](Cc2c[nH]c3ccccc23)NC(=O)[C@H](CCCN=C(N)N)NC(=O)C(Cc2ccccc2)NC(=O)[C@H](CCC(N)=O)NC1=O. The first-order chi connectivity index (χ1) is 37.8. The molecule has 1 saturated heterocycles. The lowest BCUT2D eigenvalue weighted by molar-refractivity contribution is -0.136. The van der Waals surface area contributed by atoms with Gasteiger partial charge in [-0.3, -0.25) is 57.9 Å². The Bertz CT molecular complexity index is 2690. The first-order valence-electron chi connectivity index (χ1n) is 26.4. The molecule has 0 bridgehead atoms. The van der Waals surface area contributed by atoms with Crippen LogP contribution < -0.4 is 76.5 Å². The highest BCUT2D eigenvalue weighted by Gasteiger charge is 2.36. The number of hydrogen-bond acceptors (Lipinski definition) is 12. The van der Waals surface area contributed by atoms with Gasteiger partial charge in [-0.25, -0.2) is 0 Å². The van der Waals surface area contributed by atoms with Crippen molar-refractivity contribution in [1.29, 1.82) is 0 Å². The number of carbonyl (C=O) groups excluding carboxylic acids is 10. The minimum atomic E-state index is -1.58. The molecule has 0 radical (unpaired) electrons. The van der Waals surface area contributed by atoms with E-state index in [1.165, 1.54) is 6.92 Å². The van der Waals surface area contributed by atoms with Crippen LogP contribution in [0.2, 0.25) is 0 Å². The third kappa shape index (κ3) is 21.3. The standard InChI is InChI=1S/C52H75N17O10/c1-29(70)62-35(14-8-24-59-51(54)55)45(74)67-39-20-22-43(72)58-23-7-15-36(44(73)63-32-17-18-32)64-50(79)41(27-31-28-61-34-13-6-5-12-33(31)34)69-46(75)37(16-9-25-60-52(56)57)65-49(78)40(26-30-10-3-2-4-11-30)68-48(77)38(66-47(39)76)19-21-42(53)71/h2-6,10-13,28,32,35-41,61H,7-9,14-27H2,1H3,(H2,53,71)(H,58,72)(H,62,70)(H,63,73)(H,64,79)(H,65,78)(H,66,76)(H,67,74)(H,68,77)(H,69,75)(H4,54,55,59)(H4,56,57,60)/t35-,36?,37-,38-,39?,40?,41-/m0/s1. The number of aromatic nitrogens is 1. The highest BCUT2D eigenvalue weighted by atomic mass is 16.2. The largest absolute Gasteiger partial charge is 0.370 e. The molecule has 428 valence electrons. The number of fused-ring (bicyclic) bond motifs is 1. The smallest absolute Gasteiger partial charge is 0.243 e. The summed E-state index contributed by atoms with van der Waals surface area (Å²) in [6.45, 7) is 1.34. The molecule has 2 aliphatic rings. The predicted molar refractivity (Wildman–Crippen MR) is 292 cm³/mol. The van der Waals surface area contributed by atoms with Crippen molar-refractivity contribution in [1.82, 2.24) is 52.8 Å². The number of hydrogen-bond donors (Lipinski definition) is 15. The number of H-pyrrole nitrogens is 1. The summed E-state index contributed by atoms with van der Waals surface area (Å²) in [5.74, 6) is -8.03. The molecule has 2 aromatic carbocycles. The Kier molecular flexibility index (Phi) is 23.8. The van der Waals surface area contributed by atoms with Crippen LogP contribution in [0.1, 0.15) is 95.1 Å². The Morgan fingerprint density at radius 1 is 0.658 bits per heavy atom. The molecule has 1 aliphatic heterocycles. The van der Waals surface area contributed by atoms with Crippen LogP contribution in [0.5, 0.6) is 0 Å². The van der Waals surface area contributed by atoms with Gasteiger partial charge >= 0.3 is 0 Å². The summed E-state index contributed by atoms with van der Waals surface area (Å²) < 4.78 is 0. The first kappa shape index (κ1) is 61.1. The van der Waals surface area contributed by atoms with Crippen molar-refractivity contribution in [2.45, 2.75) is 145 Å². The van der Waals surface area contributed by atoms with Crippen LogP contribution >= 0.6 is 0 Å². The van der Waals surface area contributed by atoms with Crippen LogP contribution in [0.15, 0.2) is 70.8 Å². The average Bonchev–Trinajstić information content (AvgIpc) is 4.14. The summed E-state index contributed by atoms with van der Waals surface area (Å²) >= 11 is 0. The second kappa shape index (κ2) is 30.8. The van der Waals surface area contributed by atoms with E-state index >= 15 is 0 Å². The molecular formula is C52H75N17O10. The zero-order chi connectivity index (χ0) is 57.4. The lowest BCUT2D eigenvalue weighted by Crippen LogP contribution is -2.60. The van der Waals surface area contributed by atoms with Crippen molar-refractivity contribution in [3.63, 3.8) is 0 Å². The molecule has 3 unspecified atom stereocenters. The number of nitrogens with one attached hydrogen (secondary N) is 10. The fourth-order valence-electron chi connectivity index (χ4n) is 8.73. The van der Waals surface area contributed by atoms with Crippen molar-refractivity contribution < 1.29 is 47.9 Å². The highest BCUT2D eigenvalue weighted by molar-refractivity contribution is 5.98. The number of aromatic amines is 1. The number of nitrogens with zero attached hydrogens (tertiary/aromatic N) is 2. The topological polar surface area (TPSA) is 450 Å². The van der Waals surface area contributed by atoms with Crippen LogP contribution in [0.25, 0.3) is 10.9 Å². The van der Waals surface area contributed by atoms with Crippen LogP contribution in [0.4, 0.5) is 0 Å². The van der Waals surface area contributed by atoms with E-state index in [9.17, 15) is 47.9 Å². The number of guanidine groups is 2. The van der Waals surface area contributed by atoms with Gasteiger partial charge < -0.3 is 81.5 Å². The molecule has 20 N–H and O–H groups in total. The van der Waals surface area contributed by atoms with Crippen LogP contribution in [-0.2, 0) is 60.8 Å². The number of benzene rings is 2. The average molecular weight is 1100 g/mol. The number of carbonyl (C=O) groups is 10. The number of amides is 10. The van der Waals surface area contributed by atoms with Crippen molar-refractivity contribution >= 4 is 81.9 Å². The van der Waals surface area contributed by atoms with E-state index < -0.39 is 108 Å². The highest BCUT2D eigenvalue weighted by Crippen LogP contribution is 2.21. The Labute approximate surface area is 456 Å². The van der Waals surface area contributed by atoms with E-state index in [0.29, 0.717) is 11.1 Å². The molecule has 0 spiro atoms. The monoisotopic (exact) mass is 1100 g/mol. The van der Waals surface area contributed by atoms with E-state index in [0.717, 1.165) is 23.7 Å². The normalized spacial score (nSPS) is 21.5. The fraction of sp³-hybridized carbons (Fsp3) is 0.500. The van der Waals surface area contributed by atoms with Crippen molar-refractivity contribution in [3.8, 4) is 0 Å². The second-order valence-electron chi connectivity index (χ2n) is 19.6. The Morgan fingerprint density at radius 2 is 1.25 bits per heavy atom. The van der Waals surface area contributed by atoms with Crippen LogP contribution in [0, 0.1) is 0 Å². The van der Waals surface area contributed by atoms with Gasteiger partial charge in [-0.05, 0) is 81.4 Å². The number of primary amides is 1. The summed E-state index contributed by atoms with van der Waals surface area (Å²) in [4.78, 5) is 150. The predicted octanol–water partition coefficient (Wildman–Crippen LogP) is -3.29. The zero-order valence-corrected chi connectivity index (χ0v) is 44.3. The van der Waals surface area contributed by atoms with E-state index in [1.807, 2.05) is 24.3 Å². The second-order valence-corrected chi connectivity index (χ2v) is 19.6. The maximum atomic E-state index is 14.7. The Balaban J connectivity index is 1.55. The van der Waals surface area contributed by atoms with Gasteiger partial charge in [0.25, 0.3) is 0 Å². The quantitative estimate of drug-likeness (QED) is 0.0300. The number of nitrogens with two attached hydrogens (primary N) is 5. The molecule has 79 heavy (non-hydrogen) atoms. The summed E-state index contributed by atoms with van der Waals surface area (Å²) in [5.41, 5.74) is 29.6. The Morgan fingerprint density at radius 3 is 1.91 bits per heavy atom. The number of rotatable bonds is 20. The number of para-hydroxylation sites is 1. The molecule has 2 fully saturated rings. The van der Waals surface area contributed by atoms with Gasteiger partial charge in [-0.15, -0.1) is 0 Å². The molecular weight excluding hydrogens is 1020 g/mol. The van der Waals surface area contributed by atoms with Crippen molar-refractivity contribution in [2.75, 3.05) is 19.6 Å². The van der Waals surface area contributed by atoms with Gasteiger partial charge in [0.15, 0.2) is 11.9 Å². The molecule has 5 rings (SSSR count). The minimum Gasteiger partial charge on any atom is -0.370 e. The van der Waals surface area contributed by atoms with Crippen molar-refractivity contribution in [3.05, 3.63) is 71.9 Å². The third-order valence-electron chi connectivity index (χ3n) is 13.0. The van der Waals surface area contributed by atoms with Gasteiger partial charge in [0, 0.05) is 75.4 Å². The van der Waals surface area contributed by atoms with E-state index in [1.54, 1.807) is 36.5 Å². The number of aliphatic imine (C=N–C) groups is 2. The molecule has 1 aromatic heterocycles.